The van der Waals surface area contributed by atoms with Crippen molar-refractivity contribution in [3.8, 4) is 16.9 Å². The van der Waals surface area contributed by atoms with Crippen LogP contribution in [-0.4, -0.2) is 54.3 Å². The van der Waals surface area contributed by atoms with E-state index in [0.29, 0.717) is 42.1 Å². The summed E-state index contributed by atoms with van der Waals surface area (Å²) in [6.45, 7) is 5.15. The van der Waals surface area contributed by atoms with E-state index in [4.69, 9.17) is 10.5 Å². The average molecular weight is 453 g/mol. The number of methoxy groups -OCH3 is 1. The van der Waals surface area contributed by atoms with Gasteiger partial charge in [-0.05, 0) is 61.1 Å². The van der Waals surface area contributed by atoms with E-state index in [-0.39, 0.29) is 29.5 Å². The molecule has 2 amide bonds. The second kappa shape index (κ2) is 8.84. The largest absolute Gasteiger partial charge is 0.497 e. The van der Waals surface area contributed by atoms with Gasteiger partial charge in [0.25, 0.3) is 5.91 Å². The van der Waals surface area contributed by atoms with E-state index in [0.717, 1.165) is 12.8 Å². The fourth-order valence-corrected chi connectivity index (χ4v) is 4.60. The summed E-state index contributed by atoms with van der Waals surface area (Å²) in [4.78, 5) is 33.0. The molecule has 1 saturated heterocycles. The number of piperidine rings is 1. The predicted molar refractivity (Wildman–Crippen MR) is 124 cm³/mol. The number of hydrogen-bond acceptors (Lipinski definition) is 5. The normalized spacial score (nSPS) is 21.3. The van der Waals surface area contributed by atoms with Crippen LogP contribution in [-0.2, 0) is 15.1 Å². The molecule has 0 spiro atoms. The molecule has 2 heterocycles. The van der Waals surface area contributed by atoms with Crippen molar-refractivity contribution in [3.63, 3.8) is 0 Å². The Morgan fingerprint density at radius 3 is 2.64 bits per heavy atom. The Morgan fingerprint density at radius 1 is 1.24 bits per heavy atom. The Morgan fingerprint density at radius 2 is 1.97 bits per heavy atom. The molecule has 2 aromatic rings. The number of nitrogens with zero attached hydrogens (tertiary/aromatic N) is 3. The lowest BCUT2D eigenvalue weighted by Crippen LogP contribution is -2.46. The molecule has 2 N–H and O–H groups in total. The van der Waals surface area contributed by atoms with Gasteiger partial charge in [-0.1, -0.05) is 18.2 Å². The summed E-state index contributed by atoms with van der Waals surface area (Å²) in [5.41, 5.74) is 6.67. The van der Waals surface area contributed by atoms with Gasteiger partial charge in [0.15, 0.2) is 11.5 Å². The smallest absolute Gasteiger partial charge is 0.261 e. The van der Waals surface area contributed by atoms with Crippen LogP contribution >= 0.6 is 0 Å². The third-order valence-corrected chi connectivity index (χ3v) is 6.69. The van der Waals surface area contributed by atoms with Crippen LogP contribution in [0.1, 0.15) is 32.3 Å². The van der Waals surface area contributed by atoms with Crippen molar-refractivity contribution in [2.24, 2.45) is 16.6 Å². The lowest BCUT2D eigenvalue weighted by Gasteiger charge is -2.33. The summed E-state index contributed by atoms with van der Waals surface area (Å²) in [6.07, 6.45) is 1.63. The van der Waals surface area contributed by atoms with Gasteiger partial charge in [-0.25, -0.2) is 9.38 Å². The van der Waals surface area contributed by atoms with Gasteiger partial charge >= 0.3 is 0 Å². The van der Waals surface area contributed by atoms with E-state index < -0.39 is 5.54 Å². The van der Waals surface area contributed by atoms with E-state index in [1.165, 1.54) is 13.2 Å². The van der Waals surface area contributed by atoms with Crippen LogP contribution in [0.4, 0.5) is 4.39 Å². The molecule has 4 rings (SSSR count). The highest BCUT2D eigenvalue weighted by atomic mass is 19.1. The van der Waals surface area contributed by atoms with Crippen molar-refractivity contribution in [1.29, 1.82) is 0 Å². The number of likely N-dealkylation sites (tertiary alicyclic amines) is 1. The molecule has 1 fully saturated rings. The zero-order chi connectivity index (χ0) is 23.8. The number of carbonyl (C=O) groups is 2. The minimum absolute atomic E-state index is 0.0757. The second-order valence-electron chi connectivity index (χ2n) is 8.83. The third-order valence-electron chi connectivity index (χ3n) is 6.69. The highest BCUT2D eigenvalue weighted by molar-refractivity contribution is 6.07. The molecule has 2 aliphatic rings. The first-order valence-electron chi connectivity index (χ1n) is 11.1. The van der Waals surface area contributed by atoms with Crippen molar-refractivity contribution in [2.45, 2.75) is 32.2 Å². The quantitative estimate of drug-likeness (QED) is 0.755. The van der Waals surface area contributed by atoms with Crippen molar-refractivity contribution >= 4 is 17.8 Å². The molecule has 7 nitrogen and oxygen atoms in total. The molecule has 0 bridgehead atoms. The molecule has 2 aromatic carbocycles. The van der Waals surface area contributed by atoms with Gasteiger partial charge in [0, 0.05) is 32.1 Å². The number of ether oxygens (including phenoxy) is 1. The molecule has 8 heteroatoms. The molecular weight excluding hydrogens is 423 g/mol. The van der Waals surface area contributed by atoms with Gasteiger partial charge in [0.05, 0.1) is 7.11 Å². The zero-order valence-electron chi connectivity index (χ0n) is 19.2. The van der Waals surface area contributed by atoms with Crippen LogP contribution in [0, 0.1) is 11.7 Å². The van der Waals surface area contributed by atoms with Crippen LogP contribution < -0.4 is 10.5 Å². The third kappa shape index (κ3) is 4.29. The molecular formula is C25H29FN4O3. The summed E-state index contributed by atoms with van der Waals surface area (Å²) in [5, 5.41) is 0. The van der Waals surface area contributed by atoms with Gasteiger partial charge in [-0.3, -0.25) is 14.5 Å². The van der Waals surface area contributed by atoms with E-state index in [2.05, 4.69) is 4.99 Å². The Hall–Kier alpha value is -3.42. The van der Waals surface area contributed by atoms with E-state index >= 15 is 0 Å². The van der Waals surface area contributed by atoms with Crippen LogP contribution in [0.2, 0.25) is 0 Å². The number of carbonyl (C=O) groups excluding carboxylic acids is 2. The molecule has 2 aliphatic heterocycles. The minimum Gasteiger partial charge on any atom is -0.497 e. The second-order valence-corrected chi connectivity index (χ2v) is 8.83. The van der Waals surface area contributed by atoms with Gasteiger partial charge in [-0.2, -0.15) is 0 Å². The Bertz CT molecular complexity index is 1110. The summed E-state index contributed by atoms with van der Waals surface area (Å²) < 4.78 is 19.8. The summed E-state index contributed by atoms with van der Waals surface area (Å²) in [6, 6.07) is 11.7. The first kappa shape index (κ1) is 22.8. The lowest BCUT2D eigenvalue weighted by molar-refractivity contribution is -0.133. The fourth-order valence-electron chi connectivity index (χ4n) is 4.60. The maximum absolute atomic E-state index is 14.5. The number of hydrogen-bond donors (Lipinski definition) is 1. The Balaban J connectivity index is 1.56. The van der Waals surface area contributed by atoms with Crippen LogP contribution in [0.5, 0.6) is 5.75 Å². The number of amides is 2. The summed E-state index contributed by atoms with van der Waals surface area (Å²) in [5.74, 6) is 0.484. The molecule has 1 atom stereocenters. The van der Waals surface area contributed by atoms with Crippen molar-refractivity contribution in [2.75, 3.05) is 26.7 Å². The van der Waals surface area contributed by atoms with Gasteiger partial charge in [-0.15, -0.1) is 0 Å². The molecule has 1 unspecified atom stereocenters. The van der Waals surface area contributed by atoms with Gasteiger partial charge in [0.1, 0.15) is 11.6 Å². The van der Waals surface area contributed by atoms with Crippen LogP contribution in [0.3, 0.4) is 0 Å². The average Bonchev–Trinajstić information content (AvgIpc) is 3.03. The van der Waals surface area contributed by atoms with E-state index in [9.17, 15) is 14.0 Å². The molecule has 0 aromatic heterocycles. The highest BCUT2D eigenvalue weighted by Gasteiger charge is 2.46. The number of nitrogens with two attached hydrogens (primary N) is 1. The molecule has 174 valence electrons. The zero-order valence-corrected chi connectivity index (χ0v) is 19.2. The standard InChI is InChI=1S/C25H29FN4O3/c1-16(31)29-11-9-17(10-12-29)15-30-23(32)25(2,28-24(30)27)19-6-4-5-18(13-19)21-14-20(33-3)7-8-22(21)26/h4-8,13-14,17H,9-12,15H2,1-3H3,(H2,27,28). The maximum atomic E-state index is 14.5. The minimum atomic E-state index is -1.18. The Kier molecular flexibility index (Phi) is 6.10. The van der Waals surface area contributed by atoms with Gasteiger partial charge in [0.2, 0.25) is 5.91 Å². The number of benzene rings is 2. The number of halogens is 1. The van der Waals surface area contributed by atoms with E-state index in [1.54, 1.807) is 49.1 Å². The molecule has 0 aliphatic carbocycles. The first-order valence-corrected chi connectivity index (χ1v) is 11.1. The van der Waals surface area contributed by atoms with E-state index in [1.807, 2.05) is 11.0 Å². The van der Waals surface area contributed by atoms with Crippen molar-refractivity contribution in [3.05, 3.63) is 53.8 Å². The van der Waals surface area contributed by atoms with Gasteiger partial charge < -0.3 is 15.4 Å². The van der Waals surface area contributed by atoms with Crippen LogP contribution in [0.15, 0.2) is 47.5 Å². The summed E-state index contributed by atoms with van der Waals surface area (Å²) >= 11 is 0. The van der Waals surface area contributed by atoms with Crippen molar-refractivity contribution < 1.29 is 18.7 Å². The summed E-state index contributed by atoms with van der Waals surface area (Å²) in [7, 11) is 1.53. The molecule has 0 radical (unpaired) electrons. The SMILES string of the molecule is COc1ccc(F)c(-c2cccc(C3(C)N=C(N)N(CC4CCN(C(C)=O)CC4)C3=O)c2)c1. The Labute approximate surface area is 193 Å². The van der Waals surface area contributed by atoms with Crippen molar-refractivity contribution in [1.82, 2.24) is 9.80 Å². The monoisotopic (exact) mass is 452 g/mol. The molecule has 0 saturated carbocycles. The maximum Gasteiger partial charge on any atom is 0.261 e. The first-order chi connectivity index (χ1) is 15.7. The topological polar surface area (TPSA) is 88.2 Å². The predicted octanol–water partition coefficient (Wildman–Crippen LogP) is 3.13. The van der Waals surface area contributed by atoms with Crippen LogP contribution in [0.25, 0.3) is 11.1 Å². The molecule has 33 heavy (non-hydrogen) atoms. The lowest BCUT2D eigenvalue weighted by atomic mass is 9.89. The number of guanidine groups is 1. The number of aliphatic imine (C=N–C) groups is 1. The highest BCUT2D eigenvalue weighted by Crippen LogP contribution is 2.36. The fraction of sp³-hybridized carbons (Fsp3) is 0.400. The number of rotatable bonds is 5.